The Morgan fingerprint density at radius 2 is 1.68 bits per heavy atom. The average Bonchev–Trinajstić information content (AvgIpc) is 3.28. The van der Waals surface area contributed by atoms with Crippen LogP contribution in [0.15, 0.2) is 96.1 Å². The van der Waals surface area contributed by atoms with E-state index in [1.807, 2.05) is 72.4 Å². The van der Waals surface area contributed by atoms with Crippen molar-refractivity contribution in [1.29, 1.82) is 0 Å². The topological polar surface area (TPSA) is 168 Å². The van der Waals surface area contributed by atoms with Gasteiger partial charge in [0.1, 0.15) is 36.7 Å². The Balaban J connectivity index is 0.928. The number of nitrogens with zero attached hydrogens (tertiary/aromatic N) is 8. The Labute approximate surface area is 395 Å². The normalized spacial score (nSPS) is 13.3. The number of halogens is 1. The van der Waals surface area contributed by atoms with E-state index in [2.05, 4.69) is 85.2 Å². The van der Waals surface area contributed by atoms with Gasteiger partial charge in [-0.1, -0.05) is 19.6 Å². The van der Waals surface area contributed by atoms with Gasteiger partial charge in [0.15, 0.2) is 12.4 Å². The molecule has 7 rings (SSSR count). The smallest absolute Gasteiger partial charge is 0.333 e. The number of fused-ring (bicyclic) bond motifs is 1. The summed E-state index contributed by atoms with van der Waals surface area (Å²) in [7, 11) is -0.390. The van der Waals surface area contributed by atoms with Gasteiger partial charge >= 0.3 is 6.03 Å². The van der Waals surface area contributed by atoms with Crippen molar-refractivity contribution in [2.45, 2.75) is 45.5 Å². The van der Waals surface area contributed by atoms with E-state index >= 15 is 0 Å². The number of benzene rings is 3. The second kappa shape index (κ2) is 20.7. The number of aromatic nitrogens is 5. The lowest BCUT2D eigenvalue weighted by atomic mass is 10.1. The van der Waals surface area contributed by atoms with Crippen LogP contribution < -0.4 is 39.8 Å². The van der Waals surface area contributed by atoms with Gasteiger partial charge < -0.3 is 34.3 Å². The lowest BCUT2D eigenvalue weighted by Gasteiger charge is -2.34. The van der Waals surface area contributed by atoms with Gasteiger partial charge in [-0.2, -0.15) is 9.55 Å². The minimum absolute atomic E-state index is 0.0248. The fourth-order valence-electron chi connectivity index (χ4n) is 7.42. The standard InChI is InChI=1S/C47H57BrN10O6PSi/c1-32-28-39(53-46-51-30-36(48)45(54-46)52-38-15-14-37-43(50-20-19-49-37)44(38)65(4,5)61)41(62-3)29-40(32)56-22-16-33(17-23-56)55(2)21-9-25-64-35-12-10-34(11-13-35)57-24-18-42(59)58(47(57)60)31-63-26-27-66(6,7)8/h10-17,19-20,22-23,28-30H,9,18,21,24-27,31H2,1-8H3,(H2,51,52,53,54)/q+1. The van der Waals surface area contributed by atoms with Crippen molar-refractivity contribution in [2.75, 3.05) is 81.0 Å². The van der Waals surface area contributed by atoms with Gasteiger partial charge in [0, 0.05) is 88.9 Å². The van der Waals surface area contributed by atoms with E-state index in [1.165, 1.54) is 4.90 Å². The second-order valence-corrected chi connectivity index (χ2v) is 27.3. The molecular weight excluding hydrogens is 940 g/mol. The van der Waals surface area contributed by atoms with Crippen LogP contribution in [0.4, 0.5) is 39.3 Å². The summed E-state index contributed by atoms with van der Waals surface area (Å²) in [5, 5.41) is 7.27. The Bertz CT molecular complexity index is 2750. The summed E-state index contributed by atoms with van der Waals surface area (Å²) in [6.45, 7) is 14.4. The van der Waals surface area contributed by atoms with Gasteiger partial charge in [-0.25, -0.2) is 14.7 Å². The highest BCUT2D eigenvalue weighted by Gasteiger charge is 2.33. The zero-order valence-electron chi connectivity index (χ0n) is 38.7. The number of ether oxygens (including phenoxy) is 3. The van der Waals surface area contributed by atoms with Crippen molar-refractivity contribution in [3.05, 3.63) is 102 Å². The van der Waals surface area contributed by atoms with Crippen molar-refractivity contribution >= 4 is 93.9 Å². The molecule has 1 aliphatic rings. The highest BCUT2D eigenvalue weighted by atomic mass is 79.9. The number of methoxy groups -OCH3 is 1. The van der Waals surface area contributed by atoms with Gasteiger partial charge in [0.25, 0.3) is 0 Å². The summed E-state index contributed by atoms with van der Waals surface area (Å²) in [6, 6.07) is 19.8. The van der Waals surface area contributed by atoms with E-state index in [1.54, 1.807) is 43.9 Å². The van der Waals surface area contributed by atoms with Crippen LogP contribution in [0.2, 0.25) is 25.7 Å². The number of imide groups is 1. The van der Waals surface area contributed by atoms with Crippen LogP contribution in [0.1, 0.15) is 18.4 Å². The molecule has 16 nitrogen and oxygen atoms in total. The number of hydrogen-bond donors (Lipinski definition) is 2. The number of aryl methyl sites for hydroxylation is 1. The van der Waals surface area contributed by atoms with Gasteiger partial charge in [-0.3, -0.25) is 19.7 Å². The molecule has 66 heavy (non-hydrogen) atoms. The maximum absolute atomic E-state index is 13.5. The maximum atomic E-state index is 13.5. The maximum Gasteiger partial charge on any atom is 0.333 e. The molecule has 1 aliphatic heterocycles. The molecule has 3 amide bonds. The number of urea groups is 1. The van der Waals surface area contributed by atoms with Gasteiger partial charge in [0.2, 0.25) is 17.5 Å². The Kier molecular flexibility index (Phi) is 15.1. The molecular formula is C47H57BrN10O6PSi+. The zero-order chi connectivity index (χ0) is 47.2. The van der Waals surface area contributed by atoms with E-state index in [4.69, 9.17) is 19.2 Å². The van der Waals surface area contributed by atoms with Crippen LogP contribution in [0.25, 0.3) is 16.7 Å². The summed E-state index contributed by atoms with van der Waals surface area (Å²) < 4.78 is 33.8. The molecule has 6 aromatic rings. The van der Waals surface area contributed by atoms with Crippen LogP contribution >= 0.6 is 23.1 Å². The Morgan fingerprint density at radius 3 is 2.39 bits per heavy atom. The predicted octanol–water partition coefficient (Wildman–Crippen LogP) is 8.89. The third kappa shape index (κ3) is 11.7. The molecule has 4 heterocycles. The summed E-state index contributed by atoms with van der Waals surface area (Å²) in [5.41, 5.74) is 6.26. The molecule has 346 valence electrons. The summed E-state index contributed by atoms with van der Waals surface area (Å²) in [6.07, 6.45) is 9.95. The van der Waals surface area contributed by atoms with Crippen molar-refractivity contribution < 1.29 is 32.9 Å². The van der Waals surface area contributed by atoms with Crippen LogP contribution in [-0.4, -0.2) is 105 Å². The number of carbonyl (C=O) groups is 2. The monoisotopic (exact) mass is 995 g/mol. The molecule has 1 saturated heterocycles. The first-order valence-electron chi connectivity index (χ1n) is 21.7. The van der Waals surface area contributed by atoms with Gasteiger partial charge in [0.05, 0.1) is 46.5 Å². The highest BCUT2D eigenvalue weighted by Crippen LogP contribution is 2.41. The van der Waals surface area contributed by atoms with Gasteiger partial charge in [-0.15, -0.1) is 0 Å². The molecule has 3 aromatic heterocycles. The number of carbonyl (C=O) groups excluding carboxylic acids is 2. The molecule has 0 unspecified atom stereocenters. The summed E-state index contributed by atoms with van der Waals surface area (Å²) >= 11 is 3.57. The minimum atomic E-state index is -2.78. The first-order chi connectivity index (χ1) is 31.5. The lowest BCUT2D eigenvalue weighted by molar-refractivity contribution is -0.596. The molecule has 2 N–H and O–H groups in total. The lowest BCUT2D eigenvalue weighted by Crippen LogP contribution is -2.53. The third-order valence-corrected chi connectivity index (χ3v) is 14.8. The molecule has 3 aromatic carbocycles. The number of rotatable bonds is 19. The molecule has 19 heteroatoms. The first-order valence-corrected chi connectivity index (χ1v) is 28.8. The van der Waals surface area contributed by atoms with Crippen molar-refractivity contribution in [3.8, 4) is 17.2 Å². The van der Waals surface area contributed by atoms with Crippen LogP contribution in [0, 0.1) is 6.92 Å². The van der Waals surface area contributed by atoms with Crippen molar-refractivity contribution in [3.63, 3.8) is 0 Å². The van der Waals surface area contributed by atoms with Crippen LogP contribution in [0.5, 0.6) is 11.5 Å². The number of pyridine rings is 1. The molecule has 0 aliphatic carbocycles. The Hall–Kier alpha value is -5.94. The summed E-state index contributed by atoms with van der Waals surface area (Å²) in [5.74, 6) is 1.91. The Morgan fingerprint density at radius 1 is 0.939 bits per heavy atom. The number of hydrogen-bond acceptors (Lipinski definition) is 13. The number of amides is 3. The first kappa shape index (κ1) is 48.0. The van der Waals surface area contributed by atoms with E-state index in [0.717, 1.165) is 35.9 Å². The molecule has 0 bridgehead atoms. The van der Waals surface area contributed by atoms with E-state index in [9.17, 15) is 14.2 Å². The van der Waals surface area contributed by atoms with Crippen LogP contribution in [-0.2, 0) is 14.1 Å². The zero-order valence-corrected chi connectivity index (χ0v) is 42.1. The largest absolute Gasteiger partial charge is 0.494 e. The molecule has 0 spiro atoms. The number of anilines is 6. The SMILES string of the molecule is COc1cc(-[n+]2ccc(N(C)CCCOc3ccc(N4CCC(=O)N(COCC[Si](C)(C)C)C4=O)cc3)cc2)c(C)cc1Nc1ncc(Br)c(Nc2ccc3nccnc3c2P(C)(C)=O)n1. The van der Waals surface area contributed by atoms with E-state index < -0.39 is 15.2 Å². The predicted molar refractivity (Wildman–Crippen MR) is 267 cm³/mol. The molecule has 0 saturated carbocycles. The summed E-state index contributed by atoms with van der Waals surface area (Å²) in [4.78, 5) is 48.9. The third-order valence-electron chi connectivity index (χ3n) is 11.0. The average molecular weight is 997 g/mol. The van der Waals surface area contributed by atoms with Crippen LogP contribution in [0.3, 0.4) is 0 Å². The minimum Gasteiger partial charge on any atom is -0.494 e. The van der Waals surface area contributed by atoms with E-state index in [-0.39, 0.29) is 25.1 Å². The van der Waals surface area contributed by atoms with Gasteiger partial charge in [-0.05, 0) is 91.1 Å². The fraction of sp³-hybridized carbons (Fsp3) is 0.340. The quantitative estimate of drug-likeness (QED) is 0.0342. The fourth-order valence-corrected chi connectivity index (χ4v) is 9.86. The number of nitrogens with one attached hydrogen (secondary N) is 2. The molecule has 1 fully saturated rings. The van der Waals surface area contributed by atoms with Crippen molar-refractivity contribution in [1.82, 2.24) is 24.8 Å². The second-order valence-electron chi connectivity index (χ2n) is 17.7. The van der Waals surface area contributed by atoms with E-state index in [0.29, 0.717) is 80.9 Å². The van der Waals surface area contributed by atoms with Crippen molar-refractivity contribution in [2.24, 2.45) is 0 Å². The highest BCUT2D eigenvalue weighted by molar-refractivity contribution is 9.10. The molecule has 0 radical (unpaired) electrons. The molecule has 0 atom stereocenters.